The number of carbonyl (C=O) groups excluding carboxylic acids is 1. The molecule has 1 N–H and O–H groups in total. The van der Waals surface area contributed by atoms with Crippen LogP contribution in [-0.4, -0.2) is 24.6 Å². The maximum absolute atomic E-state index is 13.0. The Morgan fingerprint density at radius 3 is 2.27 bits per heavy atom. The molecule has 12 heteroatoms. The molecule has 0 unspecified atom stereocenters. The minimum atomic E-state index is -4.74. The number of nitrogens with one attached hydrogen (secondary N) is 1. The summed E-state index contributed by atoms with van der Waals surface area (Å²) in [5.74, 6) is -2.44. The number of aromatic nitrogens is 1. The van der Waals surface area contributed by atoms with Gasteiger partial charge in [-0.1, -0.05) is 6.07 Å². The van der Waals surface area contributed by atoms with Crippen molar-refractivity contribution in [2.24, 2.45) is 5.92 Å². The van der Waals surface area contributed by atoms with Gasteiger partial charge in [0.2, 0.25) is 5.91 Å². The van der Waals surface area contributed by atoms with Gasteiger partial charge in [0.15, 0.2) is 9.84 Å². The molecule has 3 rings (SSSR count). The van der Waals surface area contributed by atoms with E-state index in [0.29, 0.717) is 6.07 Å². The Balaban J connectivity index is 1.70. The molecule has 0 bridgehead atoms. The molecule has 162 valence electrons. The van der Waals surface area contributed by atoms with E-state index < -0.39 is 61.1 Å². The van der Waals surface area contributed by atoms with Gasteiger partial charge < -0.3 is 5.32 Å². The highest BCUT2D eigenvalue weighted by molar-refractivity contribution is 7.92. The van der Waals surface area contributed by atoms with Crippen LogP contribution >= 0.6 is 0 Å². The summed E-state index contributed by atoms with van der Waals surface area (Å²) < 4.78 is 102. The van der Waals surface area contributed by atoms with Crippen LogP contribution in [0.5, 0.6) is 0 Å². The van der Waals surface area contributed by atoms with E-state index in [9.17, 15) is 39.6 Å². The average molecular weight is 452 g/mol. The molecule has 0 aliphatic heterocycles. The van der Waals surface area contributed by atoms with Crippen LogP contribution in [0, 0.1) is 5.92 Å². The Labute approximate surface area is 167 Å². The number of pyridine rings is 1. The second-order valence-electron chi connectivity index (χ2n) is 6.75. The summed E-state index contributed by atoms with van der Waals surface area (Å²) in [7, 11) is -4.13. The number of halogens is 6. The van der Waals surface area contributed by atoms with Crippen molar-refractivity contribution < 1.29 is 39.6 Å². The minimum Gasteiger partial charge on any atom is -0.310 e. The molecule has 1 aliphatic rings. The Morgan fingerprint density at radius 2 is 1.67 bits per heavy atom. The minimum absolute atomic E-state index is 0.224. The van der Waals surface area contributed by atoms with Gasteiger partial charge in [-0.05, 0) is 43.2 Å². The van der Waals surface area contributed by atoms with Crippen molar-refractivity contribution in [3.8, 4) is 0 Å². The third-order valence-corrected chi connectivity index (χ3v) is 6.92. The molecule has 1 aliphatic carbocycles. The molecule has 5 nitrogen and oxygen atoms in total. The van der Waals surface area contributed by atoms with Crippen molar-refractivity contribution in [3.63, 3.8) is 0 Å². The number of alkyl halides is 6. The number of sulfone groups is 1. The van der Waals surface area contributed by atoms with Crippen molar-refractivity contribution in [2.45, 2.75) is 35.3 Å². The van der Waals surface area contributed by atoms with Gasteiger partial charge in [-0.25, -0.2) is 13.4 Å². The largest absolute Gasteiger partial charge is 0.419 e. The van der Waals surface area contributed by atoms with Gasteiger partial charge >= 0.3 is 12.4 Å². The zero-order valence-corrected chi connectivity index (χ0v) is 15.8. The molecular formula is C18H14F6N2O3S. The van der Waals surface area contributed by atoms with E-state index in [1.165, 1.54) is 0 Å². The number of nitrogens with zero attached hydrogens (tertiary/aromatic N) is 1. The summed E-state index contributed by atoms with van der Waals surface area (Å²) in [6, 6.07) is 5.05. The van der Waals surface area contributed by atoms with Gasteiger partial charge in [0.1, 0.15) is 5.82 Å². The zero-order chi connectivity index (χ0) is 22.3. The third-order valence-electron chi connectivity index (χ3n) is 4.75. The summed E-state index contributed by atoms with van der Waals surface area (Å²) in [4.78, 5) is 15.2. The molecule has 30 heavy (non-hydrogen) atoms. The quantitative estimate of drug-likeness (QED) is 0.702. The SMILES string of the molecule is O=C(Nc1ncccc1C(F)(F)F)C1CC(S(=O)(=O)c2cccc(C(F)(F)F)c2)C1. The lowest BCUT2D eigenvalue weighted by Gasteiger charge is -2.33. The van der Waals surface area contributed by atoms with Crippen LogP contribution in [0.15, 0.2) is 47.5 Å². The lowest BCUT2D eigenvalue weighted by atomic mass is 9.84. The van der Waals surface area contributed by atoms with Crippen LogP contribution in [0.2, 0.25) is 0 Å². The van der Waals surface area contributed by atoms with E-state index in [-0.39, 0.29) is 12.8 Å². The second-order valence-corrected chi connectivity index (χ2v) is 8.98. The lowest BCUT2D eigenvalue weighted by molar-refractivity contribution is -0.138. The molecule has 0 spiro atoms. The predicted octanol–water partition coefficient (Wildman–Crippen LogP) is 4.31. The van der Waals surface area contributed by atoms with Gasteiger partial charge in [-0.3, -0.25) is 4.79 Å². The van der Waals surface area contributed by atoms with Gasteiger partial charge in [-0.15, -0.1) is 0 Å². The summed E-state index contributed by atoms with van der Waals surface area (Å²) in [5, 5.41) is 0.937. The first-order valence-corrected chi connectivity index (χ1v) is 10.1. The highest BCUT2D eigenvalue weighted by Crippen LogP contribution is 2.39. The van der Waals surface area contributed by atoms with Crippen molar-refractivity contribution in [3.05, 3.63) is 53.7 Å². The molecule has 0 saturated heterocycles. The Hall–Kier alpha value is -2.63. The van der Waals surface area contributed by atoms with Gasteiger partial charge in [0.05, 0.1) is 21.3 Å². The molecular weight excluding hydrogens is 438 g/mol. The Bertz CT molecular complexity index is 1060. The van der Waals surface area contributed by atoms with Crippen molar-refractivity contribution in [2.75, 3.05) is 5.32 Å². The maximum Gasteiger partial charge on any atom is 0.419 e. The molecule has 1 heterocycles. The first-order valence-electron chi connectivity index (χ1n) is 8.54. The van der Waals surface area contributed by atoms with Gasteiger partial charge in [-0.2, -0.15) is 26.3 Å². The van der Waals surface area contributed by atoms with Gasteiger partial charge in [0.25, 0.3) is 0 Å². The van der Waals surface area contributed by atoms with E-state index in [1.807, 2.05) is 5.32 Å². The zero-order valence-electron chi connectivity index (χ0n) is 15.0. The first kappa shape index (κ1) is 22.1. The van der Waals surface area contributed by atoms with E-state index in [4.69, 9.17) is 0 Å². The number of amides is 1. The highest BCUT2D eigenvalue weighted by atomic mass is 32.2. The van der Waals surface area contributed by atoms with E-state index in [2.05, 4.69) is 4.98 Å². The molecule has 0 radical (unpaired) electrons. The molecule has 1 fully saturated rings. The summed E-state index contributed by atoms with van der Waals surface area (Å²) in [6.45, 7) is 0. The number of hydrogen-bond acceptors (Lipinski definition) is 4. The fourth-order valence-corrected chi connectivity index (χ4v) is 4.94. The van der Waals surface area contributed by atoms with Crippen molar-refractivity contribution >= 4 is 21.6 Å². The summed E-state index contributed by atoms with van der Waals surface area (Å²) in [6.07, 6.45) is -8.85. The highest BCUT2D eigenvalue weighted by Gasteiger charge is 2.44. The normalized spacial score (nSPS) is 19.8. The average Bonchev–Trinajstić information content (AvgIpc) is 2.59. The topological polar surface area (TPSA) is 76.1 Å². The molecule has 1 aromatic heterocycles. The fraction of sp³-hybridized carbons (Fsp3) is 0.333. The Kier molecular flexibility index (Phi) is 5.56. The monoisotopic (exact) mass is 452 g/mol. The molecule has 1 aromatic carbocycles. The predicted molar refractivity (Wildman–Crippen MR) is 93.0 cm³/mol. The smallest absolute Gasteiger partial charge is 0.310 e. The van der Waals surface area contributed by atoms with Crippen LogP contribution in [0.1, 0.15) is 24.0 Å². The van der Waals surface area contributed by atoms with Crippen molar-refractivity contribution in [1.29, 1.82) is 0 Å². The first-order chi connectivity index (χ1) is 13.8. The maximum atomic E-state index is 13.0. The standard InChI is InChI=1S/C18H14F6N2O3S/c19-17(20,21)11-3-1-4-12(9-11)30(28,29)13-7-10(8-13)16(27)26-15-14(18(22,23)24)5-2-6-25-15/h1-6,9-10,13H,7-8H2,(H,25,26,27). The van der Waals surface area contributed by atoms with Crippen molar-refractivity contribution in [1.82, 2.24) is 4.98 Å². The van der Waals surface area contributed by atoms with Crippen LogP contribution in [0.4, 0.5) is 32.2 Å². The summed E-state index contributed by atoms with van der Waals surface area (Å²) in [5.41, 5.74) is -2.27. The van der Waals surface area contributed by atoms with Crippen LogP contribution in [0.3, 0.4) is 0 Å². The number of anilines is 1. The van der Waals surface area contributed by atoms with E-state index >= 15 is 0 Å². The Morgan fingerprint density at radius 1 is 1.00 bits per heavy atom. The van der Waals surface area contributed by atoms with Gasteiger partial charge in [0, 0.05) is 12.1 Å². The van der Waals surface area contributed by atoms with Crippen LogP contribution in [0.25, 0.3) is 0 Å². The number of hydrogen-bond donors (Lipinski definition) is 1. The second kappa shape index (κ2) is 7.56. The molecule has 1 amide bonds. The van der Waals surface area contributed by atoms with E-state index in [0.717, 1.165) is 36.5 Å². The number of benzene rings is 1. The summed E-state index contributed by atoms with van der Waals surface area (Å²) >= 11 is 0. The molecule has 0 atom stereocenters. The number of carbonyl (C=O) groups is 1. The third kappa shape index (κ3) is 4.42. The molecule has 2 aromatic rings. The van der Waals surface area contributed by atoms with Crippen LogP contribution < -0.4 is 5.32 Å². The van der Waals surface area contributed by atoms with E-state index in [1.54, 1.807) is 0 Å². The lowest BCUT2D eigenvalue weighted by Crippen LogP contribution is -2.42. The number of rotatable bonds is 4. The molecule has 1 saturated carbocycles. The fourth-order valence-electron chi connectivity index (χ4n) is 3.03. The van der Waals surface area contributed by atoms with Crippen LogP contribution in [-0.2, 0) is 27.0 Å².